The van der Waals surface area contributed by atoms with Gasteiger partial charge in [0, 0.05) is 32.0 Å². The molecule has 2 atom stereocenters. The van der Waals surface area contributed by atoms with Crippen molar-refractivity contribution in [2.24, 2.45) is 17.6 Å². The molecule has 0 saturated carbocycles. The zero-order valence-corrected chi connectivity index (χ0v) is 10.0. The van der Waals surface area contributed by atoms with E-state index in [-0.39, 0.29) is 0 Å². The van der Waals surface area contributed by atoms with E-state index in [0.29, 0.717) is 5.92 Å². The second kappa shape index (κ2) is 5.46. The molecule has 4 heteroatoms. The zero-order chi connectivity index (χ0) is 11.4. The zero-order valence-electron chi connectivity index (χ0n) is 10.0. The minimum atomic E-state index is 0.677. The van der Waals surface area contributed by atoms with Crippen molar-refractivity contribution in [3.8, 4) is 0 Å². The molecule has 16 heavy (non-hydrogen) atoms. The van der Waals surface area contributed by atoms with Crippen molar-refractivity contribution >= 4 is 0 Å². The molecule has 4 nitrogen and oxygen atoms in total. The standard InChI is InChI=1S/C12H22N4/c1-11-2-4-15(9-12(11)8-13)6-7-16-5-3-14-10-16/h3,5,10-12H,2,4,6-9,13H2,1H3. The molecule has 0 aromatic carbocycles. The van der Waals surface area contributed by atoms with Crippen LogP contribution in [0.4, 0.5) is 0 Å². The Labute approximate surface area is 97.4 Å². The van der Waals surface area contributed by atoms with E-state index in [0.717, 1.165) is 32.1 Å². The number of rotatable bonds is 4. The van der Waals surface area contributed by atoms with Crippen molar-refractivity contribution in [3.63, 3.8) is 0 Å². The molecule has 1 aromatic heterocycles. The molecule has 1 aliphatic heterocycles. The lowest BCUT2D eigenvalue weighted by atomic mass is 9.87. The Bertz CT molecular complexity index is 296. The van der Waals surface area contributed by atoms with E-state index < -0.39 is 0 Å². The molecule has 0 aliphatic carbocycles. The number of piperidine rings is 1. The van der Waals surface area contributed by atoms with Crippen LogP contribution < -0.4 is 5.73 Å². The molecule has 2 unspecified atom stereocenters. The molecular weight excluding hydrogens is 200 g/mol. The Morgan fingerprint density at radius 2 is 2.31 bits per heavy atom. The number of likely N-dealkylation sites (tertiary alicyclic amines) is 1. The summed E-state index contributed by atoms with van der Waals surface area (Å²) in [5, 5.41) is 0. The van der Waals surface area contributed by atoms with Crippen LogP contribution in [0, 0.1) is 11.8 Å². The van der Waals surface area contributed by atoms with E-state index in [1.54, 1.807) is 0 Å². The maximum absolute atomic E-state index is 5.80. The molecule has 0 amide bonds. The number of hydrogen-bond donors (Lipinski definition) is 1. The van der Waals surface area contributed by atoms with Crippen LogP contribution in [0.5, 0.6) is 0 Å². The summed E-state index contributed by atoms with van der Waals surface area (Å²) in [6.45, 7) is 7.66. The van der Waals surface area contributed by atoms with Gasteiger partial charge in [0.25, 0.3) is 0 Å². The predicted octanol–water partition coefficient (Wildman–Crippen LogP) is 0.800. The molecular formula is C12H22N4. The summed E-state index contributed by atoms with van der Waals surface area (Å²) in [6, 6.07) is 0. The molecule has 2 heterocycles. The highest BCUT2D eigenvalue weighted by Crippen LogP contribution is 2.21. The van der Waals surface area contributed by atoms with Crippen molar-refractivity contribution in [3.05, 3.63) is 18.7 Å². The van der Waals surface area contributed by atoms with Gasteiger partial charge in [-0.25, -0.2) is 4.98 Å². The van der Waals surface area contributed by atoms with Crippen molar-refractivity contribution in [1.29, 1.82) is 0 Å². The fourth-order valence-electron chi connectivity index (χ4n) is 2.41. The van der Waals surface area contributed by atoms with Crippen molar-refractivity contribution in [2.45, 2.75) is 19.9 Å². The van der Waals surface area contributed by atoms with E-state index >= 15 is 0 Å². The van der Waals surface area contributed by atoms with Gasteiger partial charge in [0.05, 0.1) is 6.33 Å². The molecule has 0 bridgehead atoms. The quantitative estimate of drug-likeness (QED) is 0.819. The minimum absolute atomic E-state index is 0.677. The third kappa shape index (κ3) is 2.83. The first kappa shape index (κ1) is 11.6. The van der Waals surface area contributed by atoms with E-state index in [1.165, 1.54) is 13.0 Å². The van der Waals surface area contributed by atoms with Gasteiger partial charge < -0.3 is 15.2 Å². The predicted molar refractivity (Wildman–Crippen MR) is 65.0 cm³/mol. The van der Waals surface area contributed by atoms with E-state index in [4.69, 9.17) is 5.73 Å². The first-order valence-electron chi connectivity index (χ1n) is 6.17. The lowest BCUT2D eigenvalue weighted by Gasteiger charge is -2.36. The number of nitrogens with two attached hydrogens (primary N) is 1. The summed E-state index contributed by atoms with van der Waals surface area (Å²) < 4.78 is 2.13. The largest absolute Gasteiger partial charge is 0.336 e. The SMILES string of the molecule is CC1CCN(CCn2ccnc2)CC1CN. The average molecular weight is 222 g/mol. The van der Waals surface area contributed by atoms with E-state index in [2.05, 4.69) is 21.4 Å². The summed E-state index contributed by atoms with van der Waals surface area (Å²) in [7, 11) is 0. The molecule has 90 valence electrons. The highest BCUT2D eigenvalue weighted by molar-refractivity contribution is 4.80. The van der Waals surface area contributed by atoms with Gasteiger partial charge in [0.1, 0.15) is 0 Å². The molecule has 2 rings (SSSR count). The van der Waals surface area contributed by atoms with Crippen LogP contribution in [0.3, 0.4) is 0 Å². The van der Waals surface area contributed by atoms with Crippen LogP contribution in [-0.2, 0) is 6.54 Å². The van der Waals surface area contributed by atoms with Crippen LogP contribution in [-0.4, -0.2) is 40.6 Å². The number of nitrogens with zero attached hydrogens (tertiary/aromatic N) is 3. The number of hydrogen-bond acceptors (Lipinski definition) is 3. The Kier molecular flexibility index (Phi) is 3.96. The minimum Gasteiger partial charge on any atom is -0.336 e. The Hall–Kier alpha value is -0.870. The number of imidazole rings is 1. The lowest BCUT2D eigenvalue weighted by Crippen LogP contribution is -2.43. The summed E-state index contributed by atoms with van der Waals surface area (Å²) in [4.78, 5) is 6.58. The first-order valence-corrected chi connectivity index (χ1v) is 6.17. The molecule has 1 aromatic rings. The van der Waals surface area contributed by atoms with Crippen molar-refractivity contribution in [2.75, 3.05) is 26.2 Å². The molecule has 1 aliphatic rings. The van der Waals surface area contributed by atoms with Gasteiger partial charge in [-0.2, -0.15) is 0 Å². The lowest BCUT2D eigenvalue weighted by molar-refractivity contribution is 0.128. The van der Waals surface area contributed by atoms with Crippen LogP contribution in [0.1, 0.15) is 13.3 Å². The van der Waals surface area contributed by atoms with Gasteiger partial charge in [-0.1, -0.05) is 6.92 Å². The fraction of sp³-hybridized carbons (Fsp3) is 0.750. The molecule has 1 fully saturated rings. The monoisotopic (exact) mass is 222 g/mol. The smallest absolute Gasteiger partial charge is 0.0946 e. The van der Waals surface area contributed by atoms with Crippen LogP contribution in [0.2, 0.25) is 0 Å². The Morgan fingerprint density at radius 1 is 1.44 bits per heavy atom. The third-order valence-electron chi connectivity index (χ3n) is 3.73. The highest BCUT2D eigenvalue weighted by atomic mass is 15.2. The van der Waals surface area contributed by atoms with Gasteiger partial charge in [0.2, 0.25) is 0 Å². The summed E-state index contributed by atoms with van der Waals surface area (Å²) in [5.74, 6) is 1.46. The maximum atomic E-state index is 5.80. The Balaban J connectivity index is 1.78. The normalized spacial score (nSPS) is 27.1. The third-order valence-corrected chi connectivity index (χ3v) is 3.73. The van der Waals surface area contributed by atoms with E-state index in [1.807, 2.05) is 18.7 Å². The highest BCUT2D eigenvalue weighted by Gasteiger charge is 2.24. The molecule has 1 saturated heterocycles. The summed E-state index contributed by atoms with van der Waals surface area (Å²) in [6.07, 6.45) is 7.02. The van der Waals surface area contributed by atoms with Gasteiger partial charge in [-0.3, -0.25) is 0 Å². The van der Waals surface area contributed by atoms with Crippen LogP contribution >= 0.6 is 0 Å². The van der Waals surface area contributed by atoms with E-state index in [9.17, 15) is 0 Å². The summed E-state index contributed by atoms with van der Waals surface area (Å²) in [5.41, 5.74) is 5.80. The van der Waals surface area contributed by atoms with Crippen molar-refractivity contribution < 1.29 is 0 Å². The van der Waals surface area contributed by atoms with Gasteiger partial charge in [-0.05, 0) is 31.3 Å². The second-order valence-electron chi connectivity index (χ2n) is 4.86. The van der Waals surface area contributed by atoms with Gasteiger partial charge in [-0.15, -0.1) is 0 Å². The first-order chi connectivity index (χ1) is 7.79. The van der Waals surface area contributed by atoms with Gasteiger partial charge in [0.15, 0.2) is 0 Å². The van der Waals surface area contributed by atoms with Crippen molar-refractivity contribution in [1.82, 2.24) is 14.5 Å². The van der Waals surface area contributed by atoms with Crippen LogP contribution in [0.25, 0.3) is 0 Å². The molecule has 0 radical (unpaired) electrons. The maximum Gasteiger partial charge on any atom is 0.0946 e. The Morgan fingerprint density at radius 3 is 3.00 bits per heavy atom. The molecule has 2 N–H and O–H groups in total. The fourth-order valence-corrected chi connectivity index (χ4v) is 2.41. The van der Waals surface area contributed by atoms with Gasteiger partial charge >= 0.3 is 0 Å². The molecule has 0 spiro atoms. The topological polar surface area (TPSA) is 47.1 Å². The van der Waals surface area contributed by atoms with Crippen LogP contribution in [0.15, 0.2) is 18.7 Å². The summed E-state index contributed by atoms with van der Waals surface area (Å²) >= 11 is 0. The number of aromatic nitrogens is 2. The average Bonchev–Trinajstić information content (AvgIpc) is 2.81. The second-order valence-corrected chi connectivity index (χ2v) is 4.86.